The molecule has 0 amide bonds. The van der Waals surface area contributed by atoms with Crippen LogP contribution < -0.4 is 5.32 Å². The van der Waals surface area contributed by atoms with Crippen LogP contribution in [0.2, 0.25) is 0 Å². The highest BCUT2D eigenvalue weighted by Crippen LogP contribution is 2.28. The molecule has 0 spiro atoms. The highest BCUT2D eigenvalue weighted by molar-refractivity contribution is 5.31. The van der Waals surface area contributed by atoms with Crippen molar-refractivity contribution in [2.75, 3.05) is 25.1 Å². The lowest BCUT2D eigenvalue weighted by Crippen LogP contribution is -2.11. The molecule has 76 valence electrons. The van der Waals surface area contributed by atoms with Crippen molar-refractivity contribution in [1.29, 1.82) is 0 Å². The van der Waals surface area contributed by atoms with Crippen LogP contribution in [0.4, 0.5) is 5.82 Å². The van der Waals surface area contributed by atoms with Crippen LogP contribution in [0, 0.1) is 5.92 Å². The van der Waals surface area contributed by atoms with Crippen LogP contribution in [-0.2, 0) is 4.74 Å². The summed E-state index contributed by atoms with van der Waals surface area (Å²) in [5, 5.41) is 3.16. The van der Waals surface area contributed by atoms with Gasteiger partial charge in [0.15, 0.2) is 0 Å². The molecule has 0 aliphatic heterocycles. The second-order valence-electron chi connectivity index (χ2n) is 3.54. The van der Waals surface area contributed by atoms with Crippen LogP contribution >= 0.6 is 0 Å². The molecule has 14 heavy (non-hydrogen) atoms. The van der Waals surface area contributed by atoms with Gasteiger partial charge < -0.3 is 10.1 Å². The average Bonchev–Trinajstić information content (AvgIpc) is 3.03. The van der Waals surface area contributed by atoms with Gasteiger partial charge in [-0.25, -0.2) is 9.97 Å². The fourth-order valence-corrected chi connectivity index (χ4v) is 1.18. The maximum atomic E-state index is 5.47. The molecule has 1 heterocycles. The van der Waals surface area contributed by atoms with Crippen molar-refractivity contribution in [2.24, 2.45) is 5.92 Å². The number of nitrogens with one attached hydrogen (secondary N) is 1. The Labute approximate surface area is 83.7 Å². The smallest absolute Gasteiger partial charge is 0.129 e. The molecule has 0 unspecified atom stereocenters. The average molecular weight is 193 g/mol. The molecule has 0 atom stereocenters. The van der Waals surface area contributed by atoms with E-state index in [-0.39, 0.29) is 0 Å². The maximum Gasteiger partial charge on any atom is 0.129 e. The number of nitrogens with zero attached hydrogens (tertiary/aromatic N) is 2. The molecule has 1 aromatic heterocycles. The standard InChI is InChI=1S/C10H15N3O/c1-2-9(1)7-14-6-5-12-10-3-4-11-8-13-10/h3-4,8-9H,1-2,5-7H2,(H,11,12,13). The van der Waals surface area contributed by atoms with Gasteiger partial charge in [0, 0.05) is 19.3 Å². The normalized spacial score (nSPS) is 15.4. The summed E-state index contributed by atoms with van der Waals surface area (Å²) < 4.78 is 5.47. The minimum atomic E-state index is 0.750. The third kappa shape index (κ3) is 3.30. The zero-order chi connectivity index (χ0) is 9.64. The molecule has 1 fully saturated rings. The number of rotatable bonds is 6. The molecule has 2 rings (SSSR count). The Morgan fingerprint density at radius 2 is 2.43 bits per heavy atom. The van der Waals surface area contributed by atoms with Crippen molar-refractivity contribution >= 4 is 5.82 Å². The van der Waals surface area contributed by atoms with E-state index in [1.165, 1.54) is 19.2 Å². The summed E-state index contributed by atoms with van der Waals surface area (Å²) in [7, 11) is 0. The van der Waals surface area contributed by atoms with Gasteiger partial charge in [0.2, 0.25) is 0 Å². The molecule has 0 bridgehead atoms. The van der Waals surface area contributed by atoms with E-state index in [4.69, 9.17) is 4.74 Å². The van der Waals surface area contributed by atoms with Crippen molar-refractivity contribution in [3.63, 3.8) is 0 Å². The number of hydrogen-bond acceptors (Lipinski definition) is 4. The second-order valence-corrected chi connectivity index (χ2v) is 3.54. The third-order valence-corrected chi connectivity index (χ3v) is 2.18. The summed E-state index contributed by atoms with van der Waals surface area (Å²) in [5.41, 5.74) is 0. The van der Waals surface area contributed by atoms with E-state index >= 15 is 0 Å². The van der Waals surface area contributed by atoms with E-state index in [9.17, 15) is 0 Å². The quantitative estimate of drug-likeness (QED) is 0.692. The summed E-state index contributed by atoms with van der Waals surface area (Å²) >= 11 is 0. The highest BCUT2D eigenvalue weighted by atomic mass is 16.5. The van der Waals surface area contributed by atoms with Crippen LogP contribution in [0.15, 0.2) is 18.6 Å². The number of anilines is 1. The Kier molecular flexibility index (Phi) is 3.29. The first-order valence-electron chi connectivity index (χ1n) is 5.03. The van der Waals surface area contributed by atoms with Gasteiger partial charge in [-0.1, -0.05) is 0 Å². The minimum Gasteiger partial charge on any atom is -0.379 e. The van der Waals surface area contributed by atoms with Gasteiger partial charge in [0.1, 0.15) is 12.1 Å². The highest BCUT2D eigenvalue weighted by Gasteiger charge is 2.20. The van der Waals surface area contributed by atoms with Gasteiger partial charge in [-0.2, -0.15) is 0 Å². The molecule has 0 saturated heterocycles. The number of aromatic nitrogens is 2. The molecule has 1 saturated carbocycles. The topological polar surface area (TPSA) is 47.0 Å². The van der Waals surface area contributed by atoms with Gasteiger partial charge in [-0.15, -0.1) is 0 Å². The zero-order valence-corrected chi connectivity index (χ0v) is 8.15. The Balaban J connectivity index is 1.54. The number of ether oxygens (including phenoxy) is 1. The molecule has 4 heteroatoms. The summed E-state index contributed by atoms with van der Waals surface area (Å²) in [5.74, 6) is 1.70. The third-order valence-electron chi connectivity index (χ3n) is 2.18. The van der Waals surface area contributed by atoms with Crippen molar-refractivity contribution in [3.8, 4) is 0 Å². The predicted molar refractivity (Wildman–Crippen MR) is 54.1 cm³/mol. The largest absolute Gasteiger partial charge is 0.379 e. The Morgan fingerprint density at radius 1 is 1.50 bits per heavy atom. The van der Waals surface area contributed by atoms with Gasteiger partial charge in [0.25, 0.3) is 0 Å². The van der Waals surface area contributed by atoms with E-state index in [0.717, 1.165) is 31.5 Å². The summed E-state index contributed by atoms with van der Waals surface area (Å²) in [4.78, 5) is 7.88. The molecule has 0 radical (unpaired) electrons. The molecule has 1 aliphatic carbocycles. The van der Waals surface area contributed by atoms with E-state index in [0.29, 0.717) is 0 Å². The summed E-state index contributed by atoms with van der Waals surface area (Å²) in [6.45, 7) is 2.48. The fraction of sp³-hybridized carbons (Fsp3) is 0.600. The minimum absolute atomic E-state index is 0.750. The molecular weight excluding hydrogens is 178 g/mol. The molecule has 0 aromatic carbocycles. The summed E-state index contributed by atoms with van der Waals surface area (Å²) in [6.07, 6.45) is 5.95. The van der Waals surface area contributed by atoms with E-state index in [2.05, 4.69) is 15.3 Å². The predicted octanol–water partition coefficient (Wildman–Crippen LogP) is 1.32. The van der Waals surface area contributed by atoms with Crippen molar-refractivity contribution in [3.05, 3.63) is 18.6 Å². The Bertz CT molecular complexity index is 261. The molecule has 4 nitrogen and oxygen atoms in total. The Morgan fingerprint density at radius 3 is 3.14 bits per heavy atom. The lowest BCUT2D eigenvalue weighted by Gasteiger charge is -2.05. The molecular formula is C10H15N3O. The van der Waals surface area contributed by atoms with Gasteiger partial charge in [-0.05, 0) is 24.8 Å². The molecule has 1 aromatic rings. The van der Waals surface area contributed by atoms with E-state index < -0.39 is 0 Å². The van der Waals surface area contributed by atoms with Crippen LogP contribution in [0.1, 0.15) is 12.8 Å². The first-order valence-corrected chi connectivity index (χ1v) is 5.03. The second kappa shape index (κ2) is 4.91. The first kappa shape index (κ1) is 9.40. The van der Waals surface area contributed by atoms with Gasteiger partial charge >= 0.3 is 0 Å². The number of hydrogen-bond donors (Lipinski definition) is 1. The zero-order valence-electron chi connectivity index (χ0n) is 8.15. The van der Waals surface area contributed by atoms with E-state index in [1.807, 2.05) is 6.07 Å². The van der Waals surface area contributed by atoms with Crippen LogP contribution in [0.3, 0.4) is 0 Å². The van der Waals surface area contributed by atoms with Crippen molar-refractivity contribution in [2.45, 2.75) is 12.8 Å². The molecule has 1 aliphatic rings. The lowest BCUT2D eigenvalue weighted by molar-refractivity contribution is 0.134. The SMILES string of the molecule is c1cc(NCCOCC2CC2)ncn1. The van der Waals surface area contributed by atoms with Crippen molar-refractivity contribution < 1.29 is 4.74 Å². The fourth-order valence-electron chi connectivity index (χ4n) is 1.18. The van der Waals surface area contributed by atoms with Gasteiger partial charge in [-0.3, -0.25) is 0 Å². The maximum absolute atomic E-state index is 5.47. The first-order chi connectivity index (χ1) is 6.95. The molecule has 1 N–H and O–H groups in total. The van der Waals surface area contributed by atoms with E-state index in [1.54, 1.807) is 6.20 Å². The van der Waals surface area contributed by atoms with Crippen LogP contribution in [0.25, 0.3) is 0 Å². The van der Waals surface area contributed by atoms with Gasteiger partial charge in [0.05, 0.1) is 6.61 Å². The monoisotopic (exact) mass is 193 g/mol. The lowest BCUT2D eigenvalue weighted by atomic mass is 10.5. The Hall–Kier alpha value is -1.16. The van der Waals surface area contributed by atoms with Crippen LogP contribution in [0.5, 0.6) is 0 Å². The van der Waals surface area contributed by atoms with Crippen molar-refractivity contribution in [1.82, 2.24) is 9.97 Å². The van der Waals surface area contributed by atoms with Crippen LogP contribution in [-0.4, -0.2) is 29.7 Å². The summed E-state index contributed by atoms with van der Waals surface area (Å²) in [6, 6.07) is 1.85.